The molecule has 0 atom stereocenters. The molecule has 0 saturated heterocycles. The number of esters is 1. The molecule has 2 aliphatic rings. The van der Waals surface area contributed by atoms with Crippen molar-refractivity contribution in [3.05, 3.63) is 35.4 Å². The number of benzene rings is 1. The van der Waals surface area contributed by atoms with Gasteiger partial charge in [-0.3, -0.25) is 4.79 Å². The molecule has 1 aliphatic heterocycles. The summed E-state index contributed by atoms with van der Waals surface area (Å²) in [5.41, 5.74) is 1.09. The average molecular weight is 272 g/mol. The van der Waals surface area contributed by atoms with E-state index < -0.39 is 5.66 Å². The number of hydrogen-bond acceptors (Lipinski definition) is 6. The van der Waals surface area contributed by atoms with E-state index in [1.807, 2.05) is 31.2 Å². The van der Waals surface area contributed by atoms with E-state index in [1.54, 1.807) is 0 Å². The van der Waals surface area contributed by atoms with Gasteiger partial charge in [0.15, 0.2) is 0 Å². The predicted molar refractivity (Wildman–Crippen MR) is 70.9 cm³/mol. The highest BCUT2D eigenvalue weighted by Crippen LogP contribution is 2.31. The summed E-state index contributed by atoms with van der Waals surface area (Å²) in [5.74, 6) is -0.158. The van der Waals surface area contributed by atoms with E-state index in [1.165, 1.54) is 0 Å². The zero-order valence-electron chi connectivity index (χ0n) is 11.3. The first-order valence-electron chi connectivity index (χ1n) is 6.79. The van der Waals surface area contributed by atoms with Gasteiger partial charge in [0.05, 0.1) is 6.42 Å². The van der Waals surface area contributed by atoms with Crippen LogP contribution >= 0.6 is 0 Å². The Kier molecular flexibility index (Phi) is 3.30. The molecule has 0 spiro atoms. The standard InChI is InChI=1S/C14H16N4O2/c1-14(15-17-18-16-14)11-7-5-10(6-8-11)9-13(19)20-12-3-2-4-12/h5-8,12H,2-4,9H2,1H3. The van der Waals surface area contributed by atoms with Crippen LogP contribution < -0.4 is 0 Å². The molecule has 6 heteroatoms. The molecule has 1 aromatic rings. The Hall–Kier alpha value is -2.11. The van der Waals surface area contributed by atoms with Crippen molar-refractivity contribution in [1.82, 2.24) is 0 Å². The average Bonchev–Trinajstić information content (AvgIpc) is 2.83. The van der Waals surface area contributed by atoms with Crippen LogP contribution in [0.5, 0.6) is 0 Å². The van der Waals surface area contributed by atoms with Crippen LogP contribution in [0.25, 0.3) is 0 Å². The van der Waals surface area contributed by atoms with Crippen molar-refractivity contribution in [1.29, 1.82) is 0 Å². The Labute approximate surface area is 116 Å². The van der Waals surface area contributed by atoms with Gasteiger partial charge in [0, 0.05) is 5.56 Å². The molecule has 0 aromatic heterocycles. The molecule has 1 aromatic carbocycles. The summed E-state index contributed by atoms with van der Waals surface area (Å²) in [4.78, 5) is 11.7. The van der Waals surface area contributed by atoms with Crippen LogP contribution in [0, 0.1) is 0 Å². The summed E-state index contributed by atoms with van der Waals surface area (Å²) in [6, 6.07) is 7.59. The van der Waals surface area contributed by atoms with Crippen LogP contribution in [0.2, 0.25) is 0 Å². The monoisotopic (exact) mass is 272 g/mol. The zero-order chi connectivity index (χ0) is 14.0. The van der Waals surface area contributed by atoms with E-state index in [2.05, 4.69) is 20.7 Å². The van der Waals surface area contributed by atoms with Crippen molar-refractivity contribution in [2.75, 3.05) is 0 Å². The third-order valence-corrected chi connectivity index (χ3v) is 3.72. The second-order valence-electron chi connectivity index (χ2n) is 5.32. The Balaban J connectivity index is 1.62. The smallest absolute Gasteiger partial charge is 0.310 e. The number of rotatable bonds is 4. The molecule has 3 rings (SSSR count). The SMILES string of the molecule is CC1(c2ccc(CC(=O)OC3CCC3)cc2)N=NN=N1. The van der Waals surface area contributed by atoms with Crippen molar-refractivity contribution in [2.45, 2.75) is 44.4 Å². The highest BCUT2D eigenvalue weighted by atomic mass is 16.5. The lowest BCUT2D eigenvalue weighted by atomic mass is 9.96. The molecule has 1 saturated carbocycles. The Morgan fingerprint density at radius 1 is 1.25 bits per heavy atom. The normalized spacial score (nSPS) is 19.9. The number of carbonyl (C=O) groups is 1. The summed E-state index contributed by atoms with van der Waals surface area (Å²) in [5, 5.41) is 15.1. The van der Waals surface area contributed by atoms with Gasteiger partial charge < -0.3 is 4.74 Å². The van der Waals surface area contributed by atoms with E-state index >= 15 is 0 Å². The maximum absolute atomic E-state index is 11.7. The van der Waals surface area contributed by atoms with Crippen molar-refractivity contribution >= 4 is 5.97 Å². The van der Waals surface area contributed by atoms with Gasteiger partial charge in [-0.25, -0.2) is 0 Å². The summed E-state index contributed by atoms with van der Waals surface area (Å²) in [6.45, 7) is 1.84. The lowest BCUT2D eigenvalue weighted by Crippen LogP contribution is -2.25. The van der Waals surface area contributed by atoms with Gasteiger partial charge in [-0.05, 0) is 42.2 Å². The molecule has 0 radical (unpaired) electrons. The highest BCUT2D eigenvalue weighted by Gasteiger charge is 2.29. The van der Waals surface area contributed by atoms with E-state index in [9.17, 15) is 4.79 Å². The molecule has 1 aliphatic carbocycles. The van der Waals surface area contributed by atoms with Gasteiger partial charge in [-0.15, -0.1) is 10.2 Å². The molecule has 20 heavy (non-hydrogen) atoms. The van der Waals surface area contributed by atoms with Gasteiger partial charge in [-0.1, -0.05) is 24.3 Å². The molecule has 1 heterocycles. The number of ether oxygens (including phenoxy) is 1. The lowest BCUT2D eigenvalue weighted by Gasteiger charge is -2.25. The second kappa shape index (κ2) is 5.11. The number of carbonyl (C=O) groups excluding carboxylic acids is 1. The van der Waals surface area contributed by atoms with Crippen LogP contribution in [0.4, 0.5) is 0 Å². The van der Waals surface area contributed by atoms with Gasteiger partial charge >= 0.3 is 5.97 Å². The van der Waals surface area contributed by atoms with E-state index in [4.69, 9.17) is 4.74 Å². The maximum Gasteiger partial charge on any atom is 0.310 e. The molecule has 0 N–H and O–H groups in total. The van der Waals surface area contributed by atoms with Crippen molar-refractivity contribution in [2.24, 2.45) is 20.7 Å². The number of nitrogens with zero attached hydrogens (tertiary/aromatic N) is 4. The summed E-state index contributed by atoms with van der Waals surface area (Å²) in [7, 11) is 0. The summed E-state index contributed by atoms with van der Waals surface area (Å²) in [6.07, 6.45) is 3.60. The van der Waals surface area contributed by atoms with Crippen molar-refractivity contribution < 1.29 is 9.53 Å². The largest absolute Gasteiger partial charge is 0.462 e. The number of hydrogen-bond donors (Lipinski definition) is 0. The van der Waals surface area contributed by atoms with Crippen LogP contribution in [0.15, 0.2) is 44.9 Å². The molecule has 0 bridgehead atoms. The molecule has 0 amide bonds. The predicted octanol–water partition coefficient (Wildman–Crippen LogP) is 3.33. The quantitative estimate of drug-likeness (QED) is 0.788. The van der Waals surface area contributed by atoms with Gasteiger partial charge in [-0.2, -0.15) is 0 Å². The van der Waals surface area contributed by atoms with E-state index in [0.29, 0.717) is 6.42 Å². The highest BCUT2D eigenvalue weighted by molar-refractivity contribution is 5.72. The van der Waals surface area contributed by atoms with Crippen LogP contribution in [-0.4, -0.2) is 12.1 Å². The lowest BCUT2D eigenvalue weighted by molar-refractivity contribution is -0.152. The van der Waals surface area contributed by atoms with Crippen molar-refractivity contribution in [3.63, 3.8) is 0 Å². The molecule has 104 valence electrons. The summed E-state index contributed by atoms with van der Waals surface area (Å²) >= 11 is 0. The molecule has 1 fully saturated rings. The fourth-order valence-electron chi connectivity index (χ4n) is 2.17. The van der Waals surface area contributed by atoms with Crippen LogP contribution in [0.3, 0.4) is 0 Å². The fourth-order valence-corrected chi connectivity index (χ4v) is 2.17. The van der Waals surface area contributed by atoms with E-state index in [0.717, 1.165) is 30.4 Å². The third-order valence-electron chi connectivity index (χ3n) is 3.72. The first-order chi connectivity index (χ1) is 9.66. The fraction of sp³-hybridized carbons (Fsp3) is 0.500. The molecule has 6 nitrogen and oxygen atoms in total. The van der Waals surface area contributed by atoms with Crippen LogP contribution in [-0.2, 0) is 21.6 Å². The van der Waals surface area contributed by atoms with Gasteiger partial charge in [0.2, 0.25) is 5.66 Å². The molecular formula is C14H16N4O2. The third kappa shape index (κ3) is 2.59. The first kappa shape index (κ1) is 12.9. The maximum atomic E-state index is 11.7. The first-order valence-corrected chi connectivity index (χ1v) is 6.79. The van der Waals surface area contributed by atoms with E-state index in [-0.39, 0.29) is 12.1 Å². The van der Waals surface area contributed by atoms with Crippen molar-refractivity contribution in [3.8, 4) is 0 Å². The minimum atomic E-state index is -0.731. The Morgan fingerprint density at radius 2 is 1.90 bits per heavy atom. The Morgan fingerprint density at radius 3 is 2.45 bits per heavy atom. The second-order valence-corrected chi connectivity index (χ2v) is 5.32. The molecule has 0 unspecified atom stereocenters. The van der Waals surface area contributed by atoms with Gasteiger partial charge in [0.1, 0.15) is 6.10 Å². The summed E-state index contributed by atoms with van der Waals surface area (Å²) < 4.78 is 5.33. The topological polar surface area (TPSA) is 75.7 Å². The minimum Gasteiger partial charge on any atom is -0.462 e. The van der Waals surface area contributed by atoms with Gasteiger partial charge in [0.25, 0.3) is 0 Å². The zero-order valence-corrected chi connectivity index (χ0v) is 11.3. The molecular weight excluding hydrogens is 256 g/mol. The van der Waals surface area contributed by atoms with Crippen LogP contribution in [0.1, 0.15) is 37.3 Å². The Bertz CT molecular complexity index is 549. The minimum absolute atomic E-state index is 0.139.